The monoisotopic (exact) mass is 233 g/mol. The molecule has 1 unspecified atom stereocenters. The van der Waals surface area contributed by atoms with Gasteiger partial charge in [0.25, 0.3) is 0 Å². The van der Waals surface area contributed by atoms with Gasteiger partial charge in [-0.05, 0) is 31.5 Å². The Morgan fingerprint density at radius 2 is 2.12 bits per heavy atom. The van der Waals surface area contributed by atoms with Gasteiger partial charge in [-0.15, -0.1) is 0 Å². The highest BCUT2D eigenvalue weighted by Crippen LogP contribution is 2.30. The Morgan fingerprint density at radius 1 is 1.35 bits per heavy atom. The molecule has 2 N–H and O–H groups in total. The summed E-state index contributed by atoms with van der Waals surface area (Å²) in [5, 5.41) is 11.4. The van der Waals surface area contributed by atoms with E-state index in [0.717, 1.165) is 16.5 Å². The minimum absolute atomic E-state index is 0.322. The molecule has 3 nitrogen and oxygen atoms in total. The van der Waals surface area contributed by atoms with Crippen molar-refractivity contribution < 1.29 is 9.84 Å². The highest BCUT2D eigenvalue weighted by atomic mass is 16.5. The standard InChI is InChI=1S/C14H19NO2/c1-14(2,17-3)9-13(16)11-5-4-6-12-10(11)7-8-15-12/h4-8,13,15-16H,9H2,1-3H3. The van der Waals surface area contributed by atoms with Gasteiger partial charge in [0.2, 0.25) is 0 Å². The zero-order chi connectivity index (χ0) is 12.5. The molecule has 1 atom stereocenters. The first kappa shape index (κ1) is 12.1. The number of aromatic amines is 1. The van der Waals surface area contributed by atoms with Crippen molar-refractivity contribution >= 4 is 10.9 Å². The average Bonchev–Trinajstić information content (AvgIpc) is 2.76. The van der Waals surface area contributed by atoms with Crippen molar-refractivity contribution in [3.63, 3.8) is 0 Å². The number of aromatic nitrogens is 1. The van der Waals surface area contributed by atoms with Crippen molar-refractivity contribution in [3.8, 4) is 0 Å². The summed E-state index contributed by atoms with van der Waals surface area (Å²) in [7, 11) is 1.67. The van der Waals surface area contributed by atoms with Crippen LogP contribution in [0, 0.1) is 0 Å². The largest absolute Gasteiger partial charge is 0.388 e. The first-order chi connectivity index (χ1) is 8.03. The topological polar surface area (TPSA) is 45.2 Å². The smallest absolute Gasteiger partial charge is 0.0823 e. The number of nitrogens with one attached hydrogen (secondary N) is 1. The van der Waals surface area contributed by atoms with Gasteiger partial charge < -0.3 is 14.8 Å². The molecule has 0 aliphatic carbocycles. The van der Waals surface area contributed by atoms with Crippen LogP contribution in [0.3, 0.4) is 0 Å². The van der Waals surface area contributed by atoms with Crippen LogP contribution in [0.15, 0.2) is 30.5 Å². The summed E-state index contributed by atoms with van der Waals surface area (Å²) >= 11 is 0. The lowest BCUT2D eigenvalue weighted by Gasteiger charge is -2.26. The van der Waals surface area contributed by atoms with Crippen LogP contribution in [-0.2, 0) is 4.74 Å². The summed E-state index contributed by atoms with van der Waals surface area (Å²) < 4.78 is 5.36. The van der Waals surface area contributed by atoms with Gasteiger partial charge in [-0.1, -0.05) is 12.1 Å². The van der Waals surface area contributed by atoms with Crippen molar-refractivity contribution in [1.29, 1.82) is 0 Å². The average molecular weight is 233 g/mol. The molecule has 0 amide bonds. The molecule has 0 aliphatic heterocycles. The third kappa shape index (κ3) is 2.51. The second kappa shape index (κ2) is 4.51. The molecule has 0 bridgehead atoms. The summed E-state index contributed by atoms with van der Waals surface area (Å²) in [4.78, 5) is 3.15. The number of ether oxygens (including phenoxy) is 1. The maximum absolute atomic E-state index is 10.3. The van der Waals surface area contributed by atoms with Crippen molar-refractivity contribution in [1.82, 2.24) is 4.98 Å². The summed E-state index contributed by atoms with van der Waals surface area (Å²) in [6, 6.07) is 7.92. The number of rotatable bonds is 4. The number of aliphatic hydroxyl groups excluding tert-OH is 1. The highest BCUT2D eigenvalue weighted by Gasteiger charge is 2.23. The minimum atomic E-state index is -0.510. The van der Waals surface area contributed by atoms with Gasteiger partial charge >= 0.3 is 0 Å². The van der Waals surface area contributed by atoms with Crippen LogP contribution in [0.1, 0.15) is 31.9 Å². The zero-order valence-electron chi connectivity index (χ0n) is 10.5. The maximum atomic E-state index is 10.3. The third-order valence-electron chi connectivity index (χ3n) is 3.23. The molecular formula is C14H19NO2. The molecule has 3 heteroatoms. The zero-order valence-corrected chi connectivity index (χ0v) is 10.5. The predicted molar refractivity (Wildman–Crippen MR) is 69.0 cm³/mol. The van der Waals surface area contributed by atoms with Gasteiger partial charge in [-0.3, -0.25) is 0 Å². The predicted octanol–water partition coefficient (Wildman–Crippen LogP) is 3.02. The third-order valence-corrected chi connectivity index (χ3v) is 3.23. The van der Waals surface area contributed by atoms with E-state index in [1.54, 1.807) is 7.11 Å². The van der Waals surface area contributed by atoms with Gasteiger partial charge in [-0.2, -0.15) is 0 Å². The van der Waals surface area contributed by atoms with Gasteiger partial charge in [0, 0.05) is 30.6 Å². The fourth-order valence-electron chi connectivity index (χ4n) is 2.06. The number of fused-ring (bicyclic) bond motifs is 1. The van der Waals surface area contributed by atoms with E-state index in [-0.39, 0.29) is 5.60 Å². The van der Waals surface area contributed by atoms with E-state index in [9.17, 15) is 5.11 Å². The molecule has 1 aromatic heterocycles. The molecule has 0 radical (unpaired) electrons. The van der Waals surface area contributed by atoms with Crippen molar-refractivity contribution in [2.45, 2.75) is 32.0 Å². The van der Waals surface area contributed by atoms with E-state index in [1.165, 1.54) is 0 Å². The molecule has 92 valence electrons. The van der Waals surface area contributed by atoms with Crippen LogP contribution in [-0.4, -0.2) is 22.8 Å². The van der Waals surface area contributed by atoms with Crippen LogP contribution in [0.5, 0.6) is 0 Å². The molecule has 1 aromatic carbocycles. The molecular weight excluding hydrogens is 214 g/mol. The summed E-state index contributed by atoms with van der Waals surface area (Å²) in [5.74, 6) is 0. The molecule has 2 rings (SSSR count). The summed E-state index contributed by atoms with van der Waals surface area (Å²) in [5.41, 5.74) is 1.68. The number of aliphatic hydroxyl groups is 1. The molecule has 0 aliphatic rings. The van der Waals surface area contributed by atoms with E-state index in [0.29, 0.717) is 6.42 Å². The van der Waals surface area contributed by atoms with E-state index in [2.05, 4.69) is 4.98 Å². The normalized spacial score (nSPS) is 14.1. The van der Waals surface area contributed by atoms with Gasteiger partial charge in [0.05, 0.1) is 11.7 Å². The van der Waals surface area contributed by atoms with Crippen LogP contribution in [0.25, 0.3) is 10.9 Å². The van der Waals surface area contributed by atoms with Gasteiger partial charge in [0.1, 0.15) is 0 Å². The number of benzene rings is 1. The number of hydrogen-bond acceptors (Lipinski definition) is 2. The Labute approximate surface area is 101 Å². The fraction of sp³-hybridized carbons (Fsp3) is 0.429. The minimum Gasteiger partial charge on any atom is -0.388 e. The Kier molecular flexibility index (Phi) is 3.22. The van der Waals surface area contributed by atoms with Crippen molar-refractivity contribution in [2.24, 2.45) is 0 Å². The van der Waals surface area contributed by atoms with E-state index in [4.69, 9.17) is 4.74 Å². The van der Waals surface area contributed by atoms with Crippen LogP contribution in [0.2, 0.25) is 0 Å². The summed E-state index contributed by atoms with van der Waals surface area (Å²) in [6.45, 7) is 3.96. The number of hydrogen-bond donors (Lipinski definition) is 2. The molecule has 0 saturated heterocycles. The van der Waals surface area contributed by atoms with Crippen LogP contribution < -0.4 is 0 Å². The first-order valence-corrected chi connectivity index (χ1v) is 5.83. The lowest BCUT2D eigenvalue weighted by atomic mass is 9.94. The second-order valence-electron chi connectivity index (χ2n) is 4.97. The lowest BCUT2D eigenvalue weighted by molar-refractivity contribution is -0.0197. The molecule has 0 saturated carbocycles. The second-order valence-corrected chi connectivity index (χ2v) is 4.97. The Hall–Kier alpha value is -1.32. The van der Waals surface area contributed by atoms with Gasteiger partial charge in [0.15, 0.2) is 0 Å². The van der Waals surface area contributed by atoms with Crippen LogP contribution >= 0.6 is 0 Å². The summed E-state index contributed by atoms with van der Waals surface area (Å²) in [6.07, 6.45) is 1.96. The number of methoxy groups -OCH3 is 1. The van der Waals surface area contributed by atoms with E-state index < -0.39 is 6.10 Å². The Morgan fingerprint density at radius 3 is 2.82 bits per heavy atom. The first-order valence-electron chi connectivity index (χ1n) is 5.83. The highest BCUT2D eigenvalue weighted by molar-refractivity contribution is 5.83. The van der Waals surface area contributed by atoms with Gasteiger partial charge in [-0.25, -0.2) is 0 Å². The molecule has 2 aromatic rings. The lowest BCUT2D eigenvalue weighted by Crippen LogP contribution is -2.25. The molecule has 0 fully saturated rings. The maximum Gasteiger partial charge on any atom is 0.0823 e. The van der Waals surface area contributed by atoms with E-state index in [1.807, 2.05) is 44.3 Å². The quantitative estimate of drug-likeness (QED) is 0.852. The molecule has 0 spiro atoms. The Bertz CT molecular complexity index is 502. The number of H-pyrrole nitrogens is 1. The van der Waals surface area contributed by atoms with Crippen LogP contribution in [0.4, 0.5) is 0 Å². The van der Waals surface area contributed by atoms with E-state index >= 15 is 0 Å². The van der Waals surface area contributed by atoms with Crippen molar-refractivity contribution in [2.75, 3.05) is 7.11 Å². The SMILES string of the molecule is COC(C)(C)CC(O)c1cccc2[nH]ccc12. The molecule has 1 heterocycles. The fourth-order valence-corrected chi connectivity index (χ4v) is 2.06. The Balaban J connectivity index is 2.30. The molecule has 17 heavy (non-hydrogen) atoms. The van der Waals surface area contributed by atoms with Crippen molar-refractivity contribution in [3.05, 3.63) is 36.0 Å².